The molecular weight excluding hydrogens is 374 g/mol. The molecule has 0 radical (unpaired) electrons. The number of esters is 1. The van der Waals surface area contributed by atoms with Crippen molar-refractivity contribution in [1.82, 2.24) is 0 Å². The summed E-state index contributed by atoms with van der Waals surface area (Å²) in [6.07, 6.45) is 0. The van der Waals surface area contributed by atoms with Crippen LogP contribution >= 0.6 is 22.6 Å². The predicted molar refractivity (Wildman–Crippen MR) is 80.3 cm³/mol. The summed E-state index contributed by atoms with van der Waals surface area (Å²) in [5.74, 6) is -1.33. The Morgan fingerprint density at radius 3 is 2.35 bits per heavy atom. The summed E-state index contributed by atoms with van der Waals surface area (Å²) >= 11 is 1.97. The maximum atomic E-state index is 12.9. The van der Waals surface area contributed by atoms with Crippen molar-refractivity contribution in [3.05, 3.63) is 68.5 Å². The molecule has 0 saturated carbocycles. The Morgan fingerprint density at radius 2 is 1.75 bits per heavy atom. The number of ether oxygens (including phenoxy) is 1. The van der Waals surface area contributed by atoms with Crippen LogP contribution in [0.4, 0.5) is 4.39 Å². The Kier molecular flexibility index (Phi) is 4.49. The molecule has 0 amide bonds. The average Bonchev–Trinajstić information content (AvgIpc) is 2.46. The van der Waals surface area contributed by atoms with Crippen molar-refractivity contribution in [3.63, 3.8) is 0 Å². The molecule has 102 valence electrons. The molecule has 0 fully saturated rings. The van der Waals surface area contributed by atoms with Crippen LogP contribution in [0.1, 0.15) is 26.3 Å². The van der Waals surface area contributed by atoms with E-state index in [4.69, 9.17) is 4.74 Å². The summed E-state index contributed by atoms with van der Waals surface area (Å²) in [7, 11) is 1.26. The highest BCUT2D eigenvalue weighted by Gasteiger charge is 2.21. The number of hydrogen-bond acceptors (Lipinski definition) is 3. The number of methoxy groups -OCH3 is 1. The van der Waals surface area contributed by atoms with E-state index in [0.717, 1.165) is 0 Å². The fourth-order valence-corrected chi connectivity index (χ4v) is 2.50. The van der Waals surface area contributed by atoms with Gasteiger partial charge in [0.2, 0.25) is 0 Å². The van der Waals surface area contributed by atoms with Crippen LogP contribution in [0.3, 0.4) is 0 Å². The zero-order chi connectivity index (χ0) is 14.7. The van der Waals surface area contributed by atoms with Crippen LogP contribution < -0.4 is 0 Å². The van der Waals surface area contributed by atoms with E-state index in [-0.39, 0.29) is 16.9 Å². The van der Waals surface area contributed by atoms with Gasteiger partial charge in [-0.2, -0.15) is 0 Å². The lowest BCUT2D eigenvalue weighted by atomic mass is 9.98. The molecule has 2 aromatic rings. The van der Waals surface area contributed by atoms with Gasteiger partial charge in [0.05, 0.1) is 12.7 Å². The maximum Gasteiger partial charge on any atom is 0.339 e. The summed E-state index contributed by atoms with van der Waals surface area (Å²) in [5, 5.41) is 0. The first kappa shape index (κ1) is 14.6. The van der Waals surface area contributed by atoms with Gasteiger partial charge in [0.15, 0.2) is 5.78 Å². The van der Waals surface area contributed by atoms with Gasteiger partial charge in [-0.15, -0.1) is 0 Å². The fourth-order valence-electron chi connectivity index (χ4n) is 1.78. The zero-order valence-electron chi connectivity index (χ0n) is 10.5. The highest BCUT2D eigenvalue weighted by molar-refractivity contribution is 14.1. The lowest BCUT2D eigenvalue weighted by molar-refractivity contribution is 0.0596. The molecule has 20 heavy (non-hydrogen) atoms. The zero-order valence-corrected chi connectivity index (χ0v) is 12.7. The molecule has 2 rings (SSSR count). The van der Waals surface area contributed by atoms with Crippen molar-refractivity contribution >= 4 is 34.3 Å². The predicted octanol–water partition coefficient (Wildman–Crippen LogP) is 3.45. The number of halogens is 2. The first-order valence-electron chi connectivity index (χ1n) is 5.71. The van der Waals surface area contributed by atoms with E-state index >= 15 is 0 Å². The molecule has 2 aromatic carbocycles. The van der Waals surface area contributed by atoms with Crippen LogP contribution in [-0.2, 0) is 4.74 Å². The van der Waals surface area contributed by atoms with E-state index in [0.29, 0.717) is 9.13 Å². The van der Waals surface area contributed by atoms with Crippen molar-refractivity contribution < 1.29 is 18.7 Å². The Bertz CT molecular complexity index is 665. The summed E-state index contributed by atoms with van der Waals surface area (Å²) in [4.78, 5) is 24.2. The molecule has 0 atom stereocenters. The van der Waals surface area contributed by atoms with Gasteiger partial charge in [0.25, 0.3) is 0 Å². The van der Waals surface area contributed by atoms with Crippen molar-refractivity contribution in [2.45, 2.75) is 0 Å². The SMILES string of the molecule is COC(=O)c1c(I)cccc1C(=O)c1ccc(F)cc1. The van der Waals surface area contributed by atoms with Gasteiger partial charge < -0.3 is 4.74 Å². The fraction of sp³-hybridized carbons (Fsp3) is 0.0667. The Labute approximate surface area is 128 Å². The molecule has 0 saturated heterocycles. The highest BCUT2D eigenvalue weighted by atomic mass is 127. The minimum absolute atomic E-state index is 0.227. The number of ketones is 1. The van der Waals surface area contributed by atoms with E-state index in [9.17, 15) is 14.0 Å². The summed E-state index contributed by atoms with van der Waals surface area (Å²) < 4.78 is 18.2. The maximum absolute atomic E-state index is 12.9. The van der Waals surface area contributed by atoms with Crippen molar-refractivity contribution in [3.8, 4) is 0 Å². The largest absolute Gasteiger partial charge is 0.465 e. The summed E-state index contributed by atoms with van der Waals surface area (Å²) in [6, 6.07) is 10.1. The molecular formula is C15H10FIO3. The minimum Gasteiger partial charge on any atom is -0.465 e. The Hall–Kier alpha value is -1.76. The lowest BCUT2D eigenvalue weighted by Crippen LogP contribution is -2.13. The number of carbonyl (C=O) groups is 2. The second-order valence-corrected chi connectivity index (χ2v) is 5.15. The van der Waals surface area contributed by atoms with Crippen LogP contribution in [0, 0.1) is 9.39 Å². The van der Waals surface area contributed by atoms with E-state index in [1.54, 1.807) is 18.2 Å². The van der Waals surface area contributed by atoms with Gasteiger partial charge in [0.1, 0.15) is 5.82 Å². The molecule has 0 N–H and O–H groups in total. The summed E-state index contributed by atoms with van der Waals surface area (Å²) in [6.45, 7) is 0. The van der Waals surface area contributed by atoms with Crippen LogP contribution in [0.15, 0.2) is 42.5 Å². The molecule has 5 heteroatoms. The highest BCUT2D eigenvalue weighted by Crippen LogP contribution is 2.21. The Balaban J connectivity index is 2.52. The number of rotatable bonds is 3. The quantitative estimate of drug-likeness (QED) is 0.463. The molecule has 0 bridgehead atoms. The van der Waals surface area contributed by atoms with Crippen LogP contribution in [0.2, 0.25) is 0 Å². The molecule has 3 nitrogen and oxygen atoms in total. The van der Waals surface area contributed by atoms with E-state index in [1.807, 2.05) is 22.6 Å². The van der Waals surface area contributed by atoms with Gasteiger partial charge >= 0.3 is 5.97 Å². The molecule has 0 unspecified atom stereocenters. The second kappa shape index (κ2) is 6.13. The standard InChI is InChI=1S/C15H10FIO3/c1-20-15(19)13-11(3-2-4-12(13)17)14(18)9-5-7-10(16)8-6-9/h2-8H,1H3. The van der Waals surface area contributed by atoms with Gasteiger partial charge in [-0.3, -0.25) is 4.79 Å². The third-order valence-corrected chi connectivity index (χ3v) is 3.65. The van der Waals surface area contributed by atoms with E-state index in [1.165, 1.54) is 31.4 Å². The first-order chi connectivity index (χ1) is 9.54. The molecule has 0 aromatic heterocycles. The second-order valence-electron chi connectivity index (χ2n) is 3.99. The van der Waals surface area contributed by atoms with Gasteiger partial charge in [-0.05, 0) is 52.9 Å². The molecule has 0 spiro atoms. The molecule has 0 aliphatic heterocycles. The average molecular weight is 384 g/mol. The van der Waals surface area contributed by atoms with E-state index in [2.05, 4.69) is 0 Å². The van der Waals surface area contributed by atoms with Crippen LogP contribution in [0.25, 0.3) is 0 Å². The van der Waals surface area contributed by atoms with Crippen LogP contribution in [0.5, 0.6) is 0 Å². The van der Waals surface area contributed by atoms with Crippen LogP contribution in [-0.4, -0.2) is 18.9 Å². The number of benzene rings is 2. The van der Waals surface area contributed by atoms with Crippen molar-refractivity contribution in [1.29, 1.82) is 0 Å². The number of carbonyl (C=O) groups excluding carboxylic acids is 2. The van der Waals surface area contributed by atoms with Crippen molar-refractivity contribution in [2.24, 2.45) is 0 Å². The topological polar surface area (TPSA) is 43.4 Å². The van der Waals surface area contributed by atoms with Crippen molar-refractivity contribution in [2.75, 3.05) is 7.11 Å². The number of hydrogen-bond donors (Lipinski definition) is 0. The van der Waals surface area contributed by atoms with Gasteiger partial charge in [0, 0.05) is 14.7 Å². The normalized spacial score (nSPS) is 10.2. The smallest absolute Gasteiger partial charge is 0.339 e. The van der Waals surface area contributed by atoms with Gasteiger partial charge in [-0.1, -0.05) is 12.1 Å². The molecule has 0 aliphatic carbocycles. The van der Waals surface area contributed by atoms with E-state index < -0.39 is 11.8 Å². The first-order valence-corrected chi connectivity index (χ1v) is 6.79. The monoisotopic (exact) mass is 384 g/mol. The lowest BCUT2D eigenvalue weighted by Gasteiger charge is -2.09. The third kappa shape index (κ3) is 2.87. The molecule has 0 heterocycles. The van der Waals surface area contributed by atoms with Gasteiger partial charge in [-0.25, -0.2) is 9.18 Å². The minimum atomic E-state index is -0.569. The molecule has 0 aliphatic rings. The Morgan fingerprint density at radius 1 is 1.10 bits per heavy atom. The summed E-state index contributed by atoms with van der Waals surface area (Å²) in [5.41, 5.74) is 0.791. The third-order valence-electron chi connectivity index (χ3n) is 2.75.